The van der Waals surface area contributed by atoms with Gasteiger partial charge in [-0.2, -0.15) is 0 Å². The SMILES string of the molecule is C1=C(CCN2CCCNC3(CCCC3)C2)CCCC1. The van der Waals surface area contributed by atoms with Crippen LogP contribution in [-0.2, 0) is 0 Å². The van der Waals surface area contributed by atoms with Gasteiger partial charge in [0.25, 0.3) is 0 Å². The molecule has 0 atom stereocenters. The van der Waals surface area contributed by atoms with Gasteiger partial charge in [0.2, 0.25) is 0 Å². The predicted octanol–water partition coefficient (Wildman–Crippen LogP) is 3.49. The molecule has 1 aliphatic heterocycles. The van der Waals surface area contributed by atoms with Gasteiger partial charge in [0.1, 0.15) is 0 Å². The van der Waals surface area contributed by atoms with Crippen LogP contribution in [0.15, 0.2) is 11.6 Å². The summed E-state index contributed by atoms with van der Waals surface area (Å²) in [5, 5.41) is 3.87. The molecule has 0 amide bonds. The Morgan fingerprint density at radius 1 is 1.11 bits per heavy atom. The van der Waals surface area contributed by atoms with E-state index < -0.39 is 0 Å². The van der Waals surface area contributed by atoms with Crippen LogP contribution < -0.4 is 5.32 Å². The van der Waals surface area contributed by atoms with Gasteiger partial charge in [0.15, 0.2) is 0 Å². The van der Waals surface area contributed by atoms with Crippen LogP contribution in [0.25, 0.3) is 0 Å². The summed E-state index contributed by atoms with van der Waals surface area (Å²) >= 11 is 0. The summed E-state index contributed by atoms with van der Waals surface area (Å²) < 4.78 is 0. The zero-order chi connectivity index (χ0) is 13.0. The fourth-order valence-electron chi connectivity index (χ4n) is 4.23. The first-order chi connectivity index (χ1) is 9.36. The Balaban J connectivity index is 1.52. The Labute approximate surface area is 118 Å². The van der Waals surface area contributed by atoms with Gasteiger partial charge in [-0.25, -0.2) is 0 Å². The highest BCUT2D eigenvalue weighted by Gasteiger charge is 2.36. The molecular weight excluding hydrogens is 232 g/mol. The molecule has 1 saturated carbocycles. The second kappa shape index (κ2) is 6.41. The lowest BCUT2D eigenvalue weighted by Crippen LogP contribution is -2.49. The van der Waals surface area contributed by atoms with E-state index in [4.69, 9.17) is 0 Å². The molecule has 2 fully saturated rings. The van der Waals surface area contributed by atoms with Crippen LogP contribution in [0.2, 0.25) is 0 Å². The molecule has 1 saturated heterocycles. The van der Waals surface area contributed by atoms with Crippen molar-refractivity contribution in [2.24, 2.45) is 0 Å². The highest BCUT2D eigenvalue weighted by atomic mass is 15.2. The van der Waals surface area contributed by atoms with Crippen molar-refractivity contribution in [3.05, 3.63) is 11.6 Å². The molecule has 3 rings (SSSR count). The van der Waals surface area contributed by atoms with Crippen molar-refractivity contribution in [2.45, 2.75) is 69.7 Å². The molecule has 0 aromatic heterocycles. The Kier molecular flexibility index (Phi) is 4.60. The van der Waals surface area contributed by atoms with Crippen molar-refractivity contribution in [2.75, 3.05) is 26.2 Å². The van der Waals surface area contributed by atoms with Crippen LogP contribution in [-0.4, -0.2) is 36.6 Å². The first kappa shape index (κ1) is 13.6. The molecular formula is C17H30N2. The molecule has 1 spiro atoms. The highest BCUT2D eigenvalue weighted by Crippen LogP contribution is 2.32. The van der Waals surface area contributed by atoms with Crippen LogP contribution >= 0.6 is 0 Å². The topological polar surface area (TPSA) is 15.3 Å². The lowest BCUT2D eigenvalue weighted by molar-refractivity contribution is 0.211. The molecule has 2 aliphatic carbocycles. The van der Waals surface area contributed by atoms with Crippen molar-refractivity contribution in [3.8, 4) is 0 Å². The van der Waals surface area contributed by atoms with Crippen LogP contribution in [0.5, 0.6) is 0 Å². The van der Waals surface area contributed by atoms with E-state index in [1.165, 1.54) is 90.4 Å². The van der Waals surface area contributed by atoms with Crippen LogP contribution in [0.1, 0.15) is 64.2 Å². The van der Waals surface area contributed by atoms with E-state index in [-0.39, 0.29) is 0 Å². The third kappa shape index (κ3) is 3.61. The third-order valence-corrected chi connectivity index (χ3v) is 5.37. The fraction of sp³-hybridized carbons (Fsp3) is 0.882. The maximum absolute atomic E-state index is 3.87. The van der Waals surface area contributed by atoms with Crippen molar-refractivity contribution in [1.29, 1.82) is 0 Å². The minimum atomic E-state index is 0.484. The normalized spacial score (nSPS) is 28.3. The lowest BCUT2D eigenvalue weighted by Gasteiger charge is -2.33. The van der Waals surface area contributed by atoms with Gasteiger partial charge >= 0.3 is 0 Å². The number of hydrogen-bond donors (Lipinski definition) is 1. The summed E-state index contributed by atoms with van der Waals surface area (Å²) in [4.78, 5) is 2.75. The average Bonchev–Trinajstić information content (AvgIpc) is 2.80. The smallest absolute Gasteiger partial charge is 0.0308 e. The van der Waals surface area contributed by atoms with Crippen molar-refractivity contribution < 1.29 is 0 Å². The molecule has 19 heavy (non-hydrogen) atoms. The lowest BCUT2D eigenvalue weighted by atomic mass is 9.95. The molecule has 1 N–H and O–H groups in total. The highest BCUT2D eigenvalue weighted by molar-refractivity contribution is 5.06. The number of nitrogens with zero attached hydrogens (tertiary/aromatic N) is 1. The zero-order valence-electron chi connectivity index (χ0n) is 12.4. The van der Waals surface area contributed by atoms with Crippen LogP contribution in [0, 0.1) is 0 Å². The quantitative estimate of drug-likeness (QED) is 0.783. The van der Waals surface area contributed by atoms with E-state index >= 15 is 0 Å². The molecule has 0 aromatic carbocycles. The van der Waals surface area contributed by atoms with Crippen LogP contribution in [0.3, 0.4) is 0 Å². The van der Waals surface area contributed by atoms with Gasteiger partial charge in [-0.05, 0) is 64.5 Å². The van der Waals surface area contributed by atoms with Crippen molar-refractivity contribution in [3.63, 3.8) is 0 Å². The number of hydrogen-bond acceptors (Lipinski definition) is 2. The minimum absolute atomic E-state index is 0.484. The Hall–Kier alpha value is -0.340. The van der Waals surface area contributed by atoms with Gasteiger partial charge in [-0.3, -0.25) is 0 Å². The van der Waals surface area contributed by atoms with Gasteiger partial charge in [-0.15, -0.1) is 0 Å². The van der Waals surface area contributed by atoms with Crippen LogP contribution in [0.4, 0.5) is 0 Å². The molecule has 3 aliphatic rings. The molecule has 0 bridgehead atoms. The molecule has 0 aromatic rings. The standard InChI is InChI=1S/C17H30N2/c1-2-7-16(8-3-1)9-14-19-13-6-12-18-17(15-19)10-4-5-11-17/h7,18H,1-6,8-15H2. The van der Waals surface area contributed by atoms with E-state index in [1.54, 1.807) is 5.57 Å². The van der Waals surface area contributed by atoms with E-state index in [2.05, 4.69) is 16.3 Å². The first-order valence-electron chi connectivity index (χ1n) is 8.52. The molecule has 0 radical (unpaired) electrons. The molecule has 1 heterocycles. The fourth-order valence-corrected chi connectivity index (χ4v) is 4.23. The second-order valence-corrected chi connectivity index (χ2v) is 6.90. The average molecular weight is 262 g/mol. The molecule has 108 valence electrons. The van der Waals surface area contributed by atoms with E-state index in [0.717, 1.165) is 0 Å². The monoisotopic (exact) mass is 262 g/mol. The summed E-state index contributed by atoms with van der Waals surface area (Å²) in [5.74, 6) is 0. The molecule has 0 unspecified atom stereocenters. The second-order valence-electron chi connectivity index (χ2n) is 6.90. The van der Waals surface area contributed by atoms with Gasteiger partial charge in [-0.1, -0.05) is 24.5 Å². The summed E-state index contributed by atoms with van der Waals surface area (Å²) in [5.41, 5.74) is 2.22. The Morgan fingerprint density at radius 2 is 2.00 bits per heavy atom. The van der Waals surface area contributed by atoms with Crippen molar-refractivity contribution in [1.82, 2.24) is 10.2 Å². The molecule has 2 heteroatoms. The van der Waals surface area contributed by atoms with E-state index in [9.17, 15) is 0 Å². The van der Waals surface area contributed by atoms with Gasteiger partial charge in [0, 0.05) is 18.6 Å². The summed E-state index contributed by atoms with van der Waals surface area (Å²) in [7, 11) is 0. The third-order valence-electron chi connectivity index (χ3n) is 5.37. The number of allylic oxidation sites excluding steroid dienone is 1. The Morgan fingerprint density at radius 3 is 2.79 bits per heavy atom. The zero-order valence-corrected chi connectivity index (χ0v) is 12.4. The molecule has 2 nitrogen and oxygen atoms in total. The summed E-state index contributed by atoms with van der Waals surface area (Å²) in [6.45, 7) is 5.15. The maximum atomic E-state index is 3.87. The number of rotatable bonds is 3. The van der Waals surface area contributed by atoms with Gasteiger partial charge in [0.05, 0.1) is 0 Å². The van der Waals surface area contributed by atoms with E-state index in [1.807, 2.05) is 0 Å². The first-order valence-corrected chi connectivity index (χ1v) is 8.52. The summed E-state index contributed by atoms with van der Waals surface area (Å²) in [6.07, 6.45) is 16.4. The predicted molar refractivity (Wildman–Crippen MR) is 81.4 cm³/mol. The number of nitrogens with one attached hydrogen (secondary N) is 1. The van der Waals surface area contributed by atoms with Gasteiger partial charge < -0.3 is 10.2 Å². The minimum Gasteiger partial charge on any atom is -0.310 e. The summed E-state index contributed by atoms with van der Waals surface area (Å²) in [6, 6.07) is 0. The van der Waals surface area contributed by atoms with Crippen molar-refractivity contribution >= 4 is 0 Å². The maximum Gasteiger partial charge on any atom is 0.0308 e. The largest absolute Gasteiger partial charge is 0.310 e. The Bertz CT molecular complexity index is 315. The van der Waals surface area contributed by atoms with E-state index in [0.29, 0.717) is 5.54 Å².